The van der Waals surface area contributed by atoms with Crippen molar-refractivity contribution in [3.63, 3.8) is 0 Å². The fourth-order valence-corrected chi connectivity index (χ4v) is 3.20. The molecule has 2 rings (SSSR count). The van der Waals surface area contributed by atoms with Crippen LogP contribution < -0.4 is 4.90 Å². The second kappa shape index (κ2) is 7.71. The summed E-state index contributed by atoms with van der Waals surface area (Å²) in [4.78, 5) is 4.38. The summed E-state index contributed by atoms with van der Waals surface area (Å²) in [5.74, 6) is 1.27. The number of likely N-dealkylation sites (tertiary alicyclic amines) is 1. The molecule has 0 radical (unpaired) electrons. The Morgan fingerprint density at radius 1 is 1.35 bits per heavy atom. The van der Waals surface area contributed by atoms with Crippen LogP contribution >= 0.6 is 0 Å². The lowest BCUT2D eigenvalue weighted by Gasteiger charge is -2.34. The van der Waals surface area contributed by atoms with Crippen molar-refractivity contribution in [1.29, 1.82) is 5.26 Å². The maximum atomic E-state index is 9.47. The zero-order valence-corrected chi connectivity index (χ0v) is 14.6. The van der Waals surface area contributed by atoms with E-state index in [9.17, 15) is 10.4 Å². The number of nitrogens with zero attached hydrogens (tertiary/aromatic N) is 5. The van der Waals surface area contributed by atoms with Gasteiger partial charge in [0.2, 0.25) is 0 Å². The Balaban J connectivity index is 1.97. The molecule has 1 aliphatic rings. The molecule has 6 heteroatoms. The highest BCUT2D eigenvalue weighted by Crippen LogP contribution is 2.24. The summed E-state index contributed by atoms with van der Waals surface area (Å²) in [6, 6.07) is 2.27. The summed E-state index contributed by atoms with van der Waals surface area (Å²) < 4.78 is 0. The van der Waals surface area contributed by atoms with Gasteiger partial charge in [-0.05, 0) is 58.2 Å². The van der Waals surface area contributed by atoms with E-state index in [2.05, 4.69) is 26.1 Å². The van der Waals surface area contributed by atoms with Crippen molar-refractivity contribution in [2.24, 2.45) is 5.92 Å². The van der Waals surface area contributed by atoms with E-state index in [1.165, 1.54) is 0 Å². The van der Waals surface area contributed by atoms with E-state index < -0.39 is 0 Å². The molecule has 1 aliphatic heterocycles. The molecule has 126 valence electrons. The van der Waals surface area contributed by atoms with Crippen molar-refractivity contribution in [2.75, 3.05) is 38.1 Å². The van der Waals surface area contributed by atoms with Crippen LogP contribution in [0.4, 0.5) is 5.82 Å². The Bertz CT molecular complexity index is 573. The number of hydrogen-bond donors (Lipinski definition) is 1. The zero-order chi connectivity index (χ0) is 17.0. The van der Waals surface area contributed by atoms with Crippen LogP contribution in [0.2, 0.25) is 0 Å². The van der Waals surface area contributed by atoms with Gasteiger partial charge in [-0.2, -0.15) is 10.4 Å². The Morgan fingerprint density at radius 2 is 2.00 bits per heavy atom. The van der Waals surface area contributed by atoms with Crippen molar-refractivity contribution >= 4 is 5.82 Å². The summed E-state index contributed by atoms with van der Waals surface area (Å²) >= 11 is 0. The van der Waals surface area contributed by atoms with Gasteiger partial charge in [-0.15, -0.1) is 5.10 Å². The van der Waals surface area contributed by atoms with E-state index in [0.29, 0.717) is 17.3 Å². The highest BCUT2D eigenvalue weighted by atomic mass is 16.3. The van der Waals surface area contributed by atoms with Crippen LogP contribution in [0.3, 0.4) is 0 Å². The smallest absolute Gasteiger partial charge is 0.169 e. The Kier molecular flexibility index (Phi) is 5.91. The average molecular weight is 317 g/mol. The lowest BCUT2D eigenvalue weighted by atomic mass is 9.96. The molecule has 1 aromatic heterocycles. The second-order valence-corrected chi connectivity index (χ2v) is 6.69. The van der Waals surface area contributed by atoms with E-state index in [1.54, 1.807) is 0 Å². The Labute approximate surface area is 138 Å². The summed E-state index contributed by atoms with van der Waals surface area (Å²) in [6.07, 6.45) is 1.95. The molecule has 6 nitrogen and oxygen atoms in total. The molecule has 0 unspecified atom stereocenters. The van der Waals surface area contributed by atoms with Crippen LogP contribution in [-0.4, -0.2) is 59.5 Å². The molecule has 0 spiro atoms. The van der Waals surface area contributed by atoms with Crippen LogP contribution in [0.15, 0.2) is 0 Å². The lowest BCUT2D eigenvalue weighted by Crippen LogP contribution is -2.41. The maximum Gasteiger partial charge on any atom is 0.169 e. The first kappa shape index (κ1) is 17.6. The van der Waals surface area contributed by atoms with Gasteiger partial charge in [-0.1, -0.05) is 0 Å². The summed E-state index contributed by atoms with van der Waals surface area (Å²) in [5.41, 5.74) is 2.35. The van der Waals surface area contributed by atoms with E-state index in [4.69, 9.17) is 0 Å². The molecule has 0 aromatic carbocycles. The van der Waals surface area contributed by atoms with Gasteiger partial charge in [0.25, 0.3) is 0 Å². The fraction of sp³-hybridized carbons (Fsp3) is 0.706. The van der Waals surface area contributed by atoms with Crippen molar-refractivity contribution < 1.29 is 5.11 Å². The van der Waals surface area contributed by atoms with Crippen molar-refractivity contribution in [3.05, 3.63) is 16.8 Å². The molecule has 0 bridgehead atoms. The van der Waals surface area contributed by atoms with E-state index in [1.807, 2.05) is 27.8 Å². The molecule has 0 aliphatic carbocycles. The summed E-state index contributed by atoms with van der Waals surface area (Å²) in [6.45, 7) is 9.32. The van der Waals surface area contributed by atoms with Gasteiger partial charge in [-0.25, -0.2) is 0 Å². The molecular weight excluding hydrogens is 290 g/mol. The fourth-order valence-electron chi connectivity index (χ4n) is 3.20. The minimum Gasteiger partial charge on any atom is -0.392 e. The predicted octanol–water partition coefficient (Wildman–Crippen LogP) is 1.49. The topological polar surface area (TPSA) is 76.3 Å². The summed E-state index contributed by atoms with van der Waals surface area (Å²) in [7, 11) is 1.99. The molecule has 23 heavy (non-hydrogen) atoms. The standard InChI is InChI=1S/C17H27N5O/c1-12(23)10-22-7-5-15(6-8-22)11-21(4)17-16(9-18)13(2)14(3)19-20-17/h12,15,23H,5-8,10-11H2,1-4H3/t12-/m1/s1. The predicted molar refractivity (Wildman–Crippen MR) is 90.3 cm³/mol. The van der Waals surface area contributed by atoms with Crippen LogP contribution in [0, 0.1) is 31.1 Å². The molecule has 0 saturated carbocycles. The van der Waals surface area contributed by atoms with Gasteiger partial charge >= 0.3 is 0 Å². The van der Waals surface area contributed by atoms with Gasteiger partial charge in [0.15, 0.2) is 5.82 Å². The molecular formula is C17H27N5O. The minimum atomic E-state index is -0.266. The largest absolute Gasteiger partial charge is 0.392 e. The number of β-amino-alcohol motifs (C(OH)–C–C–N with tert-alkyl or cyclic N) is 1. The lowest BCUT2D eigenvalue weighted by molar-refractivity contribution is 0.101. The summed E-state index contributed by atoms with van der Waals surface area (Å²) in [5, 5.41) is 27.3. The quantitative estimate of drug-likeness (QED) is 0.887. The highest BCUT2D eigenvalue weighted by molar-refractivity contribution is 5.57. The van der Waals surface area contributed by atoms with Crippen LogP contribution in [-0.2, 0) is 0 Å². The number of nitriles is 1. The van der Waals surface area contributed by atoms with Gasteiger partial charge in [0.05, 0.1) is 11.8 Å². The van der Waals surface area contributed by atoms with Gasteiger partial charge in [0, 0.05) is 20.1 Å². The molecule has 1 aromatic rings. The third kappa shape index (κ3) is 4.40. The number of rotatable bonds is 5. The Morgan fingerprint density at radius 3 is 2.57 bits per heavy atom. The maximum absolute atomic E-state index is 9.47. The zero-order valence-electron chi connectivity index (χ0n) is 14.6. The minimum absolute atomic E-state index is 0.266. The van der Waals surface area contributed by atoms with E-state index in [-0.39, 0.29) is 6.10 Å². The first-order valence-electron chi connectivity index (χ1n) is 8.28. The number of anilines is 1. The third-order valence-electron chi connectivity index (χ3n) is 4.67. The number of hydrogen-bond acceptors (Lipinski definition) is 6. The average Bonchev–Trinajstić information content (AvgIpc) is 2.51. The van der Waals surface area contributed by atoms with Crippen molar-refractivity contribution in [3.8, 4) is 6.07 Å². The highest BCUT2D eigenvalue weighted by Gasteiger charge is 2.23. The third-order valence-corrected chi connectivity index (χ3v) is 4.67. The molecule has 1 saturated heterocycles. The second-order valence-electron chi connectivity index (χ2n) is 6.69. The molecule has 0 amide bonds. The van der Waals surface area contributed by atoms with Crippen LogP contribution in [0.1, 0.15) is 36.6 Å². The molecule has 1 atom stereocenters. The number of aliphatic hydroxyl groups excluding tert-OH is 1. The van der Waals surface area contributed by atoms with Crippen LogP contribution in [0.5, 0.6) is 0 Å². The number of aromatic nitrogens is 2. The number of piperidine rings is 1. The van der Waals surface area contributed by atoms with E-state index in [0.717, 1.165) is 50.3 Å². The first-order chi connectivity index (χ1) is 10.9. The normalized spacial score (nSPS) is 17.7. The van der Waals surface area contributed by atoms with Gasteiger partial charge in [-0.3, -0.25) is 0 Å². The van der Waals surface area contributed by atoms with Crippen molar-refractivity contribution in [1.82, 2.24) is 15.1 Å². The molecule has 1 N–H and O–H groups in total. The first-order valence-corrected chi connectivity index (χ1v) is 8.28. The number of aliphatic hydroxyl groups is 1. The molecule has 2 heterocycles. The monoisotopic (exact) mass is 317 g/mol. The molecule has 1 fully saturated rings. The van der Waals surface area contributed by atoms with Crippen LogP contribution in [0.25, 0.3) is 0 Å². The van der Waals surface area contributed by atoms with Gasteiger partial charge < -0.3 is 14.9 Å². The van der Waals surface area contributed by atoms with E-state index >= 15 is 0 Å². The van der Waals surface area contributed by atoms with Crippen molar-refractivity contribution in [2.45, 2.75) is 39.7 Å². The Hall–Kier alpha value is -1.71. The number of aryl methyl sites for hydroxylation is 1. The van der Waals surface area contributed by atoms with Gasteiger partial charge in [0.1, 0.15) is 11.6 Å². The SMILES string of the molecule is Cc1nnc(N(C)CC2CCN(C[C@@H](C)O)CC2)c(C#N)c1C.